The number of nitrogens with one attached hydrogen (secondary N) is 1. The molecule has 1 amide bonds. The van der Waals surface area contributed by atoms with Crippen molar-refractivity contribution >= 4 is 48.0 Å². The summed E-state index contributed by atoms with van der Waals surface area (Å²) in [4.78, 5) is 14.7. The van der Waals surface area contributed by atoms with E-state index in [4.69, 9.17) is 22.1 Å². The van der Waals surface area contributed by atoms with E-state index in [2.05, 4.69) is 10.2 Å². The number of nitrogens with zero attached hydrogens (tertiary/aromatic N) is 1. The van der Waals surface area contributed by atoms with Gasteiger partial charge in [0.1, 0.15) is 0 Å². The first-order valence-corrected chi connectivity index (χ1v) is 9.16. The van der Waals surface area contributed by atoms with E-state index in [9.17, 15) is 4.79 Å². The third kappa shape index (κ3) is 5.89. The van der Waals surface area contributed by atoms with Crippen LogP contribution in [0.15, 0.2) is 24.3 Å². The molecule has 3 N–H and O–H groups in total. The predicted octanol–water partition coefficient (Wildman–Crippen LogP) is 3.02. The minimum absolute atomic E-state index is 0. The summed E-state index contributed by atoms with van der Waals surface area (Å²) in [5.41, 5.74) is 7.21. The zero-order chi connectivity index (χ0) is 16.9. The van der Waals surface area contributed by atoms with Crippen molar-refractivity contribution in [2.45, 2.75) is 37.8 Å². The summed E-state index contributed by atoms with van der Waals surface area (Å²) >= 11 is 6.30. The van der Waals surface area contributed by atoms with E-state index < -0.39 is 6.04 Å². The number of para-hydroxylation sites is 1. The number of ether oxygens (including phenoxy) is 1. The summed E-state index contributed by atoms with van der Waals surface area (Å²) < 4.78 is 5.35. The Morgan fingerprint density at radius 1 is 1.23 bits per heavy atom. The molecular weight excluding hydrogens is 397 g/mol. The Bertz CT molecular complexity index is 570. The Hall–Kier alpha value is -0.720. The van der Waals surface area contributed by atoms with Gasteiger partial charge in [-0.05, 0) is 43.7 Å². The molecule has 8 heteroatoms. The van der Waals surface area contributed by atoms with Crippen molar-refractivity contribution in [3.63, 3.8) is 0 Å². The van der Waals surface area contributed by atoms with Gasteiger partial charge in [0.25, 0.3) is 0 Å². The van der Waals surface area contributed by atoms with Crippen molar-refractivity contribution in [1.82, 2.24) is 5.32 Å². The van der Waals surface area contributed by atoms with Gasteiger partial charge in [0, 0.05) is 32.3 Å². The van der Waals surface area contributed by atoms with Crippen LogP contribution in [0.4, 0.5) is 5.69 Å². The number of piperidine rings is 1. The molecule has 1 aromatic carbocycles. The standard InChI is InChI=1S/C18H26ClN3O2.2ClH/c19-15-5-1-2-6-16(15)22-9-3-4-14(12-22)21-18(23)17(20)13-7-10-24-11-8-13;;/h1-2,5-6,13-14,17H,3-4,7-12,20H2,(H,21,23);2*1H. The van der Waals surface area contributed by atoms with E-state index in [-0.39, 0.29) is 42.7 Å². The van der Waals surface area contributed by atoms with Crippen LogP contribution in [-0.2, 0) is 9.53 Å². The molecule has 0 aliphatic carbocycles. The van der Waals surface area contributed by atoms with Crippen LogP contribution in [0.25, 0.3) is 0 Å². The Kier molecular flexibility index (Phi) is 10.0. The molecule has 2 saturated heterocycles. The lowest BCUT2D eigenvalue weighted by atomic mass is 9.91. The van der Waals surface area contributed by atoms with Gasteiger partial charge in [0.15, 0.2) is 0 Å². The van der Waals surface area contributed by atoms with Gasteiger partial charge in [-0.15, -0.1) is 24.8 Å². The Morgan fingerprint density at radius 2 is 1.92 bits per heavy atom. The van der Waals surface area contributed by atoms with E-state index in [1.54, 1.807) is 0 Å². The second-order valence-electron chi connectivity index (χ2n) is 6.72. The number of halogens is 3. The van der Waals surface area contributed by atoms with Crippen LogP contribution in [0.3, 0.4) is 0 Å². The van der Waals surface area contributed by atoms with Gasteiger partial charge in [0.2, 0.25) is 5.91 Å². The fourth-order valence-corrected chi connectivity index (χ4v) is 3.86. The van der Waals surface area contributed by atoms with Crippen LogP contribution in [0.2, 0.25) is 5.02 Å². The minimum Gasteiger partial charge on any atom is -0.381 e. The largest absolute Gasteiger partial charge is 0.381 e. The van der Waals surface area contributed by atoms with E-state index in [1.807, 2.05) is 24.3 Å². The Morgan fingerprint density at radius 3 is 2.62 bits per heavy atom. The number of benzene rings is 1. The zero-order valence-corrected chi connectivity index (χ0v) is 17.1. The van der Waals surface area contributed by atoms with Crippen molar-refractivity contribution in [3.05, 3.63) is 29.3 Å². The normalized spacial score (nSPS) is 21.9. The summed E-state index contributed by atoms with van der Waals surface area (Å²) in [6, 6.07) is 7.53. The molecule has 2 fully saturated rings. The fraction of sp³-hybridized carbons (Fsp3) is 0.611. The summed E-state index contributed by atoms with van der Waals surface area (Å²) in [5.74, 6) is 0.190. The molecule has 2 atom stereocenters. The number of anilines is 1. The van der Waals surface area contributed by atoms with Crippen molar-refractivity contribution < 1.29 is 9.53 Å². The summed E-state index contributed by atoms with van der Waals surface area (Å²) in [7, 11) is 0. The molecule has 3 rings (SSSR count). The first-order valence-electron chi connectivity index (χ1n) is 8.78. The molecule has 5 nitrogen and oxygen atoms in total. The number of hydrogen-bond acceptors (Lipinski definition) is 4. The monoisotopic (exact) mass is 423 g/mol. The maximum atomic E-state index is 12.5. The quantitative estimate of drug-likeness (QED) is 0.779. The lowest BCUT2D eigenvalue weighted by molar-refractivity contribution is -0.125. The van der Waals surface area contributed by atoms with Gasteiger partial charge in [0.05, 0.1) is 16.8 Å². The lowest BCUT2D eigenvalue weighted by Gasteiger charge is -2.36. The first-order chi connectivity index (χ1) is 11.6. The van der Waals surface area contributed by atoms with Crippen molar-refractivity contribution in [3.8, 4) is 0 Å². The minimum atomic E-state index is -0.440. The molecule has 0 aromatic heterocycles. The molecule has 2 unspecified atom stereocenters. The average molecular weight is 425 g/mol. The Labute approximate surface area is 172 Å². The number of nitrogens with two attached hydrogens (primary N) is 1. The molecule has 2 aliphatic heterocycles. The molecule has 0 bridgehead atoms. The molecular formula is C18H28Cl3N3O2. The number of carbonyl (C=O) groups is 1. The third-order valence-corrected chi connectivity index (χ3v) is 5.36. The van der Waals surface area contributed by atoms with Gasteiger partial charge in [-0.25, -0.2) is 0 Å². The highest BCUT2D eigenvalue weighted by molar-refractivity contribution is 6.33. The first kappa shape index (κ1) is 23.3. The zero-order valence-electron chi connectivity index (χ0n) is 14.7. The van der Waals surface area contributed by atoms with Gasteiger partial charge < -0.3 is 20.7 Å². The van der Waals surface area contributed by atoms with E-state index >= 15 is 0 Å². The third-order valence-electron chi connectivity index (χ3n) is 5.04. The molecule has 26 heavy (non-hydrogen) atoms. The number of carbonyl (C=O) groups excluding carboxylic acids is 1. The second kappa shape index (κ2) is 11.2. The topological polar surface area (TPSA) is 67.6 Å². The maximum Gasteiger partial charge on any atom is 0.237 e. The molecule has 0 saturated carbocycles. The summed E-state index contributed by atoms with van der Waals surface area (Å²) in [6.07, 6.45) is 3.74. The van der Waals surface area contributed by atoms with Crippen LogP contribution in [0.1, 0.15) is 25.7 Å². The van der Waals surface area contributed by atoms with Gasteiger partial charge in [-0.1, -0.05) is 23.7 Å². The van der Waals surface area contributed by atoms with E-state index in [1.165, 1.54) is 0 Å². The molecule has 148 valence electrons. The van der Waals surface area contributed by atoms with Crippen LogP contribution >= 0.6 is 36.4 Å². The van der Waals surface area contributed by atoms with Gasteiger partial charge in [-0.3, -0.25) is 4.79 Å². The van der Waals surface area contributed by atoms with E-state index in [0.717, 1.165) is 49.5 Å². The second-order valence-corrected chi connectivity index (χ2v) is 7.13. The average Bonchev–Trinajstić information content (AvgIpc) is 2.62. The smallest absolute Gasteiger partial charge is 0.237 e. The van der Waals surface area contributed by atoms with Gasteiger partial charge in [-0.2, -0.15) is 0 Å². The van der Waals surface area contributed by atoms with Crippen LogP contribution < -0.4 is 16.0 Å². The van der Waals surface area contributed by atoms with Crippen LogP contribution in [0, 0.1) is 5.92 Å². The molecule has 0 spiro atoms. The molecule has 2 aliphatic rings. The van der Waals surface area contributed by atoms with Crippen molar-refractivity contribution in [2.24, 2.45) is 11.7 Å². The molecule has 1 aromatic rings. The SMILES string of the molecule is Cl.Cl.NC(C(=O)NC1CCCN(c2ccccc2Cl)C1)C1CCOCC1. The molecule has 0 radical (unpaired) electrons. The van der Waals surface area contributed by atoms with Crippen molar-refractivity contribution in [2.75, 3.05) is 31.2 Å². The summed E-state index contributed by atoms with van der Waals surface area (Å²) in [5, 5.41) is 3.90. The fourth-order valence-electron chi connectivity index (χ4n) is 3.61. The number of rotatable bonds is 4. The predicted molar refractivity (Wildman–Crippen MR) is 111 cm³/mol. The Balaban J connectivity index is 0.00000169. The highest BCUT2D eigenvalue weighted by Crippen LogP contribution is 2.28. The van der Waals surface area contributed by atoms with Crippen molar-refractivity contribution in [1.29, 1.82) is 0 Å². The number of amides is 1. The lowest BCUT2D eigenvalue weighted by Crippen LogP contribution is -2.54. The van der Waals surface area contributed by atoms with Crippen LogP contribution in [0.5, 0.6) is 0 Å². The maximum absolute atomic E-state index is 12.5. The highest BCUT2D eigenvalue weighted by atomic mass is 35.5. The van der Waals surface area contributed by atoms with E-state index in [0.29, 0.717) is 13.2 Å². The molecule has 2 heterocycles. The summed E-state index contributed by atoms with van der Waals surface area (Å²) in [6.45, 7) is 3.14. The highest BCUT2D eigenvalue weighted by Gasteiger charge is 2.29. The van der Waals surface area contributed by atoms with Gasteiger partial charge >= 0.3 is 0 Å². The number of hydrogen-bond donors (Lipinski definition) is 2. The van der Waals surface area contributed by atoms with Crippen LogP contribution in [-0.4, -0.2) is 44.3 Å².